The molecule has 3 aromatic rings. The van der Waals surface area contributed by atoms with Crippen LogP contribution in [0.2, 0.25) is 0 Å². The van der Waals surface area contributed by atoms with Gasteiger partial charge >= 0.3 is 0 Å². The molecule has 4 nitrogen and oxygen atoms in total. The second kappa shape index (κ2) is 5.46. The Morgan fingerprint density at radius 1 is 1.05 bits per heavy atom. The van der Waals surface area contributed by atoms with Gasteiger partial charge in [0.1, 0.15) is 11.3 Å². The van der Waals surface area contributed by atoms with Crippen LogP contribution in [0.3, 0.4) is 0 Å². The summed E-state index contributed by atoms with van der Waals surface area (Å²) in [4.78, 5) is 13.2. The zero-order chi connectivity index (χ0) is 13.9. The minimum Gasteiger partial charge on any atom is -0.494 e. The first-order valence-corrected chi connectivity index (χ1v) is 7.34. The summed E-state index contributed by atoms with van der Waals surface area (Å²) in [6.07, 6.45) is 5.54. The topological polar surface area (TPSA) is 47.9 Å². The number of benzene rings is 1. The van der Waals surface area contributed by atoms with Crippen molar-refractivity contribution < 1.29 is 4.74 Å². The molecule has 0 saturated carbocycles. The first-order valence-electron chi connectivity index (χ1n) is 6.12. The van der Waals surface area contributed by atoms with Gasteiger partial charge in [-0.15, -0.1) is 0 Å². The van der Waals surface area contributed by atoms with Crippen LogP contribution in [-0.2, 0) is 0 Å². The molecule has 0 amide bonds. The number of nitrogens with zero attached hydrogens (tertiary/aromatic N) is 3. The molecule has 0 fully saturated rings. The van der Waals surface area contributed by atoms with Crippen LogP contribution in [0.5, 0.6) is 5.75 Å². The van der Waals surface area contributed by atoms with Crippen molar-refractivity contribution in [2.45, 2.75) is 5.16 Å². The summed E-state index contributed by atoms with van der Waals surface area (Å²) in [5, 5.41) is 1.81. The first-order chi connectivity index (χ1) is 9.81. The van der Waals surface area contributed by atoms with Crippen molar-refractivity contribution in [2.24, 2.45) is 0 Å². The summed E-state index contributed by atoms with van der Waals surface area (Å²) in [5.41, 5.74) is 2.59. The number of thioether (sulfide) groups is 1. The standard InChI is InChI=1S/C15H13N3OS/c1-19-13-5-3-4-10-6-7-12(18-14(10)13)11-8-16-15(20-2)17-9-11/h3-9H,1-2H3. The molecule has 0 unspecified atom stereocenters. The van der Waals surface area contributed by atoms with E-state index in [1.807, 2.05) is 36.6 Å². The maximum atomic E-state index is 5.36. The molecule has 3 rings (SSSR count). The van der Waals surface area contributed by atoms with Gasteiger partial charge in [0, 0.05) is 23.3 Å². The van der Waals surface area contributed by atoms with E-state index in [2.05, 4.69) is 15.0 Å². The van der Waals surface area contributed by atoms with Crippen molar-refractivity contribution in [1.82, 2.24) is 15.0 Å². The average Bonchev–Trinajstić information content (AvgIpc) is 2.54. The number of rotatable bonds is 3. The molecule has 0 aliphatic carbocycles. The number of hydrogen-bond acceptors (Lipinski definition) is 5. The van der Waals surface area contributed by atoms with Crippen molar-refractivity contribution in [3.63, 3.8) is 0 Å². The molecule has 0 aliphatic rings. The maximum absolute atomic E-state index is 5.36. The molecule has 0 bridgehead atoms. The van der Waals surface area contributed by atoms with E-state index < -0.39 is 0 Å². The molecule has 0 N–H and O–H groups in total. The van der Waals surface area contributed by atoms with E-state index in [9.17, 15) is 0 Å². The number of ether oxygens (including phenoxy) is 1. The lowest BCUT2D eigenvalue weighted by molar-refractivity contribution is 0.419. The number of aromatic nitrogens is 3. The quantitative estimate of drug-likeness (QED) is 0.544. The van der Waals surface area contributed by atoms with Gasteiger partial charge in [-0.2, -0.15) is 0 Å². The van der Waals surface area contributed by atoms with Crippen LogP contribution in [0.25, 0.3) is 22.2 Å². The van der Waals surface area contributed by atoms with Gasteiger partial charge in [0.15, 0.2) is 5.16 Å². The molecule has 0 aliphatic heterocycles. The predicted octanol–water partition coefficient (Wildman–Crippen LogP) is 3.42. The summed E-state index contributed by atoms with van der Waals surface area (Å²) in [5.74, 6) is 0.769. The molecule has 0 saturated heterocycles. The minimum atomic E-state index is 0.757. The van der Waals surface area contributed by atoms with E-state index in [0.29, 0.717) is 0 Å². The molecule has 0 spiro atoms. The second-order valence-electron chi connectivity index (χ2n) is 4.19. The Morgan fingerprint density at radius 3 is 2.55 bits per heavy atom. The maximum Gasteiger partial charge on any atom is 0.187 e. The van der Waals surface area contributed by atoms with Gasteiger partial charge in [-0.25, -0.2) is 15.0 Å². The van der Waals surface area contributed by atoms with E-state index in [0.717, 1.165) is 33.1 Å². The van der Waals surface area contributed by atoms with Crippen LogP contribution < -0.4 is 4.74 Å². The first kappa shape index (κ1) is 12.9. The van der Waals surface area contributed by atoms with Crippen LogP contribution >= 0.6 is 11.8 Å². The summed E-state index contributed by atoms with van der Waals surface area (Å²) >= 11 is 1.52. The molecule has 20 heavy (non-hydrogen) atoms. The smallest absolute Gasteiger partial charge is 0.187 e. The van der Waals surface area contributed by atoms with Crippen LogP contribution in [0.4, 0.5) is 0 Å². The number of pyridine rings is 1. The highest BCUT2D eigenvalue weighted by atomic mass is 32.2. The largest absolute Gasteiger partial charge is 0.494 e. The van der Waals surface area contributed by atoms with Crippen molar-refractivity contribution in [2.75, 3.05) is 13.4 Å². The highest BCUT2D eigenvalue weighted by Crippen LogP contribution is 2.26. The number of fused-ring (bicyclic) bond motifs is 1. The zero-order valence-electron chi connectivity index (χ0n) is 11.2. The lowest BCUT2D eigenvalue weighted by Crippen LogP contribution is -1.92. The molecule has 0 atom stereocenters. The summed E-state index contributed by atoms with van der Waals surface area (Å²) in [6.45, 7) is 0. The van der Waals surface area contributed by atoms with Gasteiger partial charge in [0.2, 0.25) is 0 Å². The lowest BCUT2D eigenvalue weighted by atomic mass is 10.1. The SMILES string of the molecule is COc1cccc2ccc(-c3cnc(SC)nc3)nc12. The lowest BCUT2D eigenvalue weighted by Gasteiger charge is -2.07. The molecule has 2 heterocycles. The summed E-state index contributed by atoms with van der Waals surface area (Å²) in [7, 11) is 1.65. The highest BCUT2D eigenvalue weighted by molar-refractivity contribution is 7.98. The molecule has 1 aromatic carbocycles. The molecule has 2 aromatic heterocycles. The Bertz CT molecular complexity index is 744. The van der Waals surface area contributed by atoms with Gasteiger partial charge in [0.25, 0.3) is 0 Å². The van der Waals surface area contributed by atoms with Gasteiger partial charge < -0.3 is 4.74 Å². The van der Waals surface area contributed by atoms with E-state index in [4.69, 9.17) is 4.74 Å². The Balaban J connectivity index is 2.11. The second-order valence-corrected chi connectivity index (χ2v) is 4.96. The number of hydrogen-bond donors (Lipinski definition) is 0. The predicted molar refractivity (Wildman–Crippen MR) is 81.1 cm³/mol. The summed E-state index contributed by atoms with van der Waals surface area (Å²) < 4.78 is 5.36. The fourth-order valence-electron chi connectivity index (χ4n) is 2.00. The van der Waals surface area contributed by atoms with E-state index in [-0.39, 0.29) is 0 Å². The molecular weight excluding hydrogens is 270 g/mol. The fraction of sp³-hybridized carbons (Fsp3) is 0.133. The zero-order valence-corrected chi connectivity index (χ0v) is 12.0. The molecule has 5 heteroatoms. The van der Waals surface area contributed by atoms with Crippen LogP contribution in [-0.4, -0.2) is 28.3 Å². The van der Waals surface area contributed by atoms with E-state index in [1.54, 1.807) is 19.5 Å². The minimum absolute atomic E-state index is 0.757. The van der Waals surface area contributed by atoms with Gasteiger partial charge in [0.05, 0.1) is 12.8 Å². The monoisotopic (exact) mass is 283 g/mol. The fourth-order valence-corrected chi connectivity index (χ4v) is 2.32. The molecular formula is C15H13N3OS. The van der Waals surface area contributed by atoms with Crippen LogP contribution in [0.15, 0.2) is 47.9 Å². The van der Waals surface area contributed by atoms with Crippen molar-refractivity contribution in [3.05, 3.63) is 42.7 Å². The van der Waals surface area contributed by atoms with Crippen LogP contribution in [0.1, 0.15) is 0 Å². The van der Waals surface area contributed by atoms with Gasteiger partial charge in [-0.3, -0.25) is 0 Å². The third-order valence-electron chi connectivity index (χ3n) is 3.01. The van der Waals surface area contributed by atoms with Crippen molar-refractivity contribution >= 4 is 22.7 Å². The van der Waals surface area contributed by atoms with E-state index >= 15 is 0 Å². The Hall–Kier alpha value is -2.14. The average molecular weight is 283 g/mol. The number of methoxy groups -OCH3 is 1. The van der Waals surface area contributed by atoms with Crippen LogP contribution in [0, 0.1) is 0 Å². The van der Waals surface area contributed by atoms with Gasteiger partial charge in [-0.05, 0) is 18.4 Å². The summed E-state index contributed by atoms with van der Waals surface area (Å²) in [6, 6.07) is 9.88. The van der Waals surface area contributed by atoms with Gasteiger partial charge in [-0.1, -0.05) is 30.0 Å². The van der Waals surface area contributed by atoms with Crippen molar-refractivity contribution in [1.29, 1.82) is 0 Å². The molecule has 100 valence electrons. The number of para-hydroxylation sites is 1. The third kappa shape index (κ3) is 2.32. The highest BCUT2D eigenvalue weighted by Gasteiger charge is 2.06. The Morgan fingerprint density at radius 2 is 1.85 bits per heavy atom. The van der Waals surface area contributed by atoms with E-state index in [1.165, 1.54) is 11.8 Å². The van der Waals surface area contributed by atoms with Crippen molar-refractivity contribution in [3.8, 4) is 17.0 Å². The Kier molecular flexibility index (Phi) is 3.52. The molecule has 0 radical (unpaired) electrons. The third-order valence-corrected chi connectivity index (χ3v) is 3.59. The Labute approximate surface area is 121 Å². The normalized spacial score (nSPS) is 10.7.